The van der Waals surface area contributed by atoms with Crippen molar-refractivity contribution < 1.29 is 34.8 Å². The Bertz CT molecular complexity index is 426. The van der Waals surface area contributed by atoms with Crippen molar-refractivity contribution in [3.8, 4) is 0 Å². The first-order chi connectivity index (χ1) is 12.8. The summed E-state index contributed by atoms with van der Waals surface area (Å²) < 4.78 is 47.3. The highest BCUT2D eigenvalue weighted by Crippen LogP contribution is 2.28. The lowest BCUT2D eigenvalue weighted by Gasteiger charge is -2.41. The Morgan fingerprint density at radius 2 is 1.48 bits per heavy atom. The van der Waals surface area contributed by atoms with Crippen molar-refractivity contribution in [2.75, 3.05) is 34.0 Å². The summed E-state index contributed by atoms with van der Waals surface area (Å²) in [5.74, 6) is 0. The molecule has 2 aliphatic rings. The second kappa shape index (κ2) is 11.2. The standard InChI is InChI=1S/C14H35O8Si5/c1-15-25(16-2)9-11-27(6)21-23(3)19-26(5,20-24(4)22-27)10-7-8-17-12-14-13-18-14/h14,23-24H,7-13H2,1-6H3. The molecule has 8 nitrogen and oxygen atoms in total. The van der Waals surface area contributed by atoms with E-state index in [0.717, 1.165) is 31.2 Å². The zero-order valence-corrected chi connectivity index (χ0v) is 22.8. The van der Waals surface area contributed by atoms with Crippen LogP contribution < -0.4 is 0 Å². The molecule has 0 aromatic heterocycles. The van der Waals surface area contributed by atoms with E-state index in [4.69, 9.17) is 34.8 Å². The molecular weight excluding hydrogens is 437 g/mol. The molecule has 0 amide bonds. The second-order valence-electron chi connectivity index (χ2n) is 7.29. The van der Waals surface area contributed by atoms with Gasteiger partial charge in [-0.2, -0.15) is 0 Å². The van der Waals surface area contributed by atoms with Crippen LogP contribution in [0.3, 0.4) is 0 Å². The van der Waals surface area contributed by atoms with Gasteiger partial charge in [-0.15, -0.1) is 0 Å². The van der Waals surface area contributed by atoms with Crippen LogP contribution in [0.5, 0.6) is 0 Å². The zero-order valence-electron chi connectivity index (χ0n) is 17.4. The van der Waals surface area contributed by atoms with Gasteiger partial charge in [0.05, 0.1) is 13.2 Å². The Labute approximate surface area is 170 Å². The lowest BCUT2D eigenvalue weighted by Crippen LogP contribution is -2.58. The Balaban J connectivity index is 1.82. The van der Waals surface area contributed by atoms with Crippen molar-refractivity contribution in [3.63, 3.8) is 0 Å². The van der Waals surface area contributed by atoms with E-state index in [2.05, 4.69) is 26.2 Å². The van der Waals surface area contributed by atoms with E-state index in [9.17, 15) is 0 Å². The first kappa shape index (κ1) is 24.0. The predicted octanol–water partition coefficient (Wildman–Crippen LogP) is 1.50. The molecule has 1 radical (unpaired) electrons. The van der Waals surface area contributed by atoms with Crippen LogP contribution in [0.2, 0.25) is 44.3 Å². The second-order valence-corrected chi connectivity index (χ2v) is 20.9. The van der Waals surface area contributed by atoms with Crippen molar-refractivity contribution >= 4 is 45.0 Å². The molecule has 3 unspecified atom stereocenters. The van der Waals surface area contributed by atoms with Gasteiger partial charge in [-0.3, -0.25) is 0 Å². The smallest absolute Gasteiger partial charge is 0.383 e. The predicted molar refractivity (Wildman–Crippen MR) is 113 cm³/mol. The van der Waals surface area contributed by atoms with Gasteiger partial charge in [-0.1, -0.05) is 0 Å². The Hall–Kier alpha value is 0.764. The molecule has 0 N–H and O–H groups in total. The molecule has 2 aliphatic heterocycles. The van der Waals surface area contributed by atoms with Crippen LogP contribution in [-0.2, 0) is 34.8 Å². The van der Waals surface area contributed by atoms with Crippen LogP contribution in [0.15, 0.2) is 0 Å². The van der Waals surface area contributed by atoms with E-state index in [0.29, 0.717) is 19.3 Å². The van der Waals surface area contributed by atoms with Crippen LogP contribution in [-0.4, -0.2) is 85.1 Å². The van der Waals surface area contributed by atoms with Crippen LogP contribution in [0.1, 0.15) is 6.42 Å². The quantitative estimate of drug-likeness (QED) is 0.255. The number of rotatable bonds is 11. The van der Waals surface area contributed by atoms with Crippen molar-refractivity contribution in [2.45, 2.75) is 56.8 Å². The van der Waals surface area contributed by atoms with Gasteiger partial charge in [0, 0.05) is 20.8 Å². The van der Waals surface area contributed by atoms with Crippen LogP contribution in [0, 0.1) is 0 Å². The highest BCUT2D eigenvalue weighted by atomic mass is 28.5. The Morgan fingerprint density at radius 3 is 1.96 bits per heavy atom. The highest BCUT2D eigenvalue weighted by Gasteiger charge is 2.45. The molecule has 27 heavy (non-hydrogen) atoms. The Kier molecular flexibility index (Phi) is 10.0. The zero-order chi connectivity index (χ0) is 19.9. The fraction of sp³-hybridized carbons (Fsp3) is 1.00. The SMILES string of the molecule is CO[Si](CC[Si]1(C)O[SiH](C)O[Si](C)(CCCOCC2CO2)O[SiH](C)O1)OC. The number of ether oxygens (including phenoxy) is 2. The number of hydrogen-bond acceptors (Lipinski definition) is 8. The normalized spacial score (nSPS) is 37.2. The summed E-state index contributed by atoms with van der Waals surface area (Å²) in [4.78, 5) is 0. The number of epoxide rings is 1. The minimum atomic E-state index is -2.33. The molecule has 0 aromatic rings. The van der Waals surface area contributed by atoms with Crippen molar-refractivity contribution in [1.29, 1.82) is 0 Å². The summed E-state index contributed by atoms with van der Waals surface area (Å²) in [5, 5.41) is 0. The molecule has 0 bridgehead atoms. The minimum Gasteiger partial charge on any atom is -0.418 e. The van der Waals surface area contributed by atoms with Crippen molar-refractivity contribution in [2.24, 2.45) is 0 Å². The van der Waals surface area contributed by atoms with Crippen LogP contribution in [0.4, 0.5) is 0 Å². The monoisotopic (exact) mass is 471 g/mol. The number of hydrogen-bond donors (Lipinski definition) is 0. The molecular formula is C14H35O8Si5. The lowest BCUT2D eigenvalue weighted by atomic mass is 10.5. The summed E-state index contributed by atoms with van der Waals surface area (Å²) in [5.41, 5.74) is 0. The van der Waals surface area contributed by atoms with E-state index in [-0.39, 0.29) is 0 Å². The first-order valence-corrected chi connectivity index (χ1v) is 20.4. The van der Waals surface area contributed by atoms with Gasteiger partial charge >= 0.3 is 45.0 Å². The van der Waals surface area contributed by atoms with Gasteiger partial charge in [-0.05, 0) is 50.7 Å². The van der Waals surface area contributed by atoms with Crippen molar-refractivity contribution in [1.82, 2.24) is 0 Å². The maximum absolute atomic E-state index is 6.43. The fourth-order valence-corrected chi connectivity index (χ4v) is 23.0. The minimum absolute atomic E-state index is 0.314. The van der Waals surface area contributed by atoms with E-state index >= 15 is 0 Å². The summed E-state index contributed by atoms with van der Waals surface area (Å²) in [6.45, 7) is 10.7. The molecule has 2 fully saturated rings. The molecule has 159 valence electrons. The van der Waals surface area contributed by atoms with Crippen molar-refractivity contribution in [3.05, 3.63) is 0 Å². The van der Waals surface area contributed by atoms with Gasteiger partial charge < -0.3 is 34.8 Å². The molecule has 2 saturated heterocycles. The third kappa shape index (κ3) is 8.98. The van der Waals surface area contributed by atoms with E-state index in [1.165, 1.54) is 0 Å². The first-order valence-electron chi connectivity index (χ1n) is 9.62. The summed E-state index contributed by atoms with van der Waals surface area (Å²) in [7, 11) is -6.13. The topological polar surface area (TPSA) is 77.1 Å². The third-order valence-corrected chi connectivity index (χ3v) is 22.3. The lowest BCUT2D eigenvalue weighted by molar-refractivity contribution is 0.115. The molecule has 0 spiro atoms. The average molecular weight is 472 g/mol. The van der Waals surface area contributed by atoms with Gasteiger partial charge in [0.15, 0.2) is 0 Å². The molecule has 2 heterocycles. The highest BCUT2D eigenvalue weighted by molar-refractivity contribution is 6.85. The van der Waals surface area contributed by atoms with E-state index in [1.807, 2.05) is 0 Å². The maximum atomic E-state index is 6.43. The average Bonchev–Trinajstić information content (AvgIpc) is 3.37. The Morgan fingerprint density at radius 1 is 0.963 bits per heavy atom. The summed E-state index contributed by atoms with van der Waals surface area (Å²) in [6, 6.07) is 2.60. The maximum Gasteiger partial charge on any atom is 0.383 e. The van der Waals surface area contributed by atoms with Gasteiger partial charge in [0.25, 0.3) is 0 Å². The molecule has 13 heteroatoms. The van der Waals surface area contributed by atoms with Gasteiger partial charge in [0.2, 0.25) is 0 Å². The van der Waals surface area contributed by atoms with Crippen LogP contribution >= 0.6 is 0 Å². The summed E-state index contributed by atoms with van der Waals surface area (Å²) >= 11 is 0. The van der Waals surface area contributed by atoms with Crippen LogP contribution in [0.25, 0.3) is 0 Å². The largest absolute Gasteiger partial charge is 0.418 e. The molecule has 0 aromatic carbocycles. The van der Waals surface area contributed by atoms with E-state index < -0.39 is 45.0 Å². The third-order valence-electron chi connectivity index (χ3n) is 4.53. The fourth-order valence-electron chi connectivity index (χ4n) is 3.23. The molecule has 0 saturated carbocycles. The van der Waals surface area contributed by atoms with Gasteiger partial charge in [-0.25, -0.2) is 0 Å². The summed E-state index contributed by atoms with van der Waals surface area (Å²) in [6.07, 6.45) is 1.24. The van der Waals surface area contributed by atoms with E-state index in [1.54, 1.807) is 14.2 Å². The molecule has 2 rings (SSSR count). The molecule has 0 aliphatic carbocycles. The van der Waals surface area contributed by atoms with Gasteiger partial charge in [0.1, 0.15) is 6.10 Å². The molecule has 3 atom stereocenters.